The lowest BCUT2D eigenvalue weighted by molar-refractivity contribution is 0.173. The molecule has 0 heterocycles. The van der Waals surface area contributed by atoms with Crippen LogP contribution in [0.25, 0.3) is 0 Å². The van der Waals surface area contributed by atoms with Crippen molar-refractivity contribution in [1.82, 2.24) is 0 Å². The van der Waals surface area contributed by atoms with Crippen LogP contribution in [0.15, 0.2) is 0 Å². The van der Waals surface area contributed by atoms with Gasteiger partial charge in [-0.05, 0) is 0 Å². The van der Waals surface area contributed by atoms with E-state index in [1.165, 1.54) is 0 Å². The summed E-state index contributed by atoms with van der Waals surface area (Å²) in [7, 11) is 0. The number of halogens is 3. The van der Waals surface area contributed by atoms with Crippen LogP contribution in [0.4, 0.5) is 13.2 Å². The van der Waals surface area contributed by atoms with Gasteiger partial charge in [0.2, 0.25) is 0 Å². The summed E-state index contributed by atoms with van der Waals surface area (Å²) in [6.45, 7) is -0.273. The van der Waals surface area contributed by atoms with Gasteiger partial charge in [-0.15, -0.1) is 5.92 Å². The molecule has 0 aromatic heterocycles. The Morgan fingerprint density at radius 1 is 1.10 bits per heavy atom. The Kier molecular flexibility index (Phi) is 3.94. The summed E-state index contributed by atoms with van der Waals surface area (Å²) in [6.07, 6.45) is 0. The molecule has 0 aromatic rings. The molecule has 10 heavy (non-hydrogen) atoms. The van der Waals surface area contributed by atoms with Crippen LogP contribution < -0.4 is 0 Å². The number of rotatable bonds is 3. The Bertz CT molecular complexity index is 130. The minimum Gasteiger partial charge on any atom is -0.249 e. The van der Waals surface area contributed by atoms with Crippen LogP contribution in [-0.4, -0.2) is 20.0 Å². The zero-order valence-electron chi connectivity index (χ0n) is 5.46. The van der Waals surface area contributed by atoms with Gasteiger partial charge in [-0.25, -0.2) is 13.2 Å². The summed E-state index contributed by atoms with van der Waals surface area (Å²) < 4.78 is 35.7. The van der Waals surface area contributed by atoms with E-state index in [9.17, 15) is 13.2 Å². The average Bonchev–Trinajstić information content (AvgIpc) is 2.01. The molecule has 0 aliphatic heterocycles. The Labute approximate surface area is 58.4 Å². The van der Waals surface area contributed by atoms with Gasteiger partial charge in [-0.1, -0.05) is 5.92 Å². The van der Waals surface area contributed by atoms with Gasteiger partial charge in [0.15, 0.2) is 0 Å². The van der Waals surface area contributed by atoms with Crippen molar-refractivity contribution in [2.45, 2.75) is 0 Å². The average molecular weight is 149 g/mol. The quantitative estimate of drug-likeness (QED) is 0.536. The second kappa shape index (κ2) is 4.21. The van der Waals surface area contributed by atoms with E-state index in [-0.39, 0.29) is 0 Å². The second-order valence-corrected chi connectivity index (χ2v) is 1.98. The molecule has 0 bridgehead atoms. The smallest absolute Gasteiger partial charge is 0.116 e. The van der Waals surface area contributed by atoms with Crippen LogP contribution in [0.5, 0.6) is 0 Å². The van der Waals surface area contributed by atoms with Gasteiger partial charge in [-0.3, -0.25) is 0 Å². The van der Waals surface area contributed by atoms with Gasteiger partial charge < -0.3 is 0 Å². The highest BCUT2D eigenvalue weighted by Gasteiger charge is 2.28. The molecule has 0 nitrogen and oxygen atoms in total. The van der Waals surface area contributed by atoms with Crippen molar-refractivity contribution < 1.29 is 13.2 Å². The zero-order valence-corrected chi connectivity index (χ0v) is 5.46. The first kappa shape index (κ1) is 9.35. The lowest BCUT2D eigenvalue weighted by atomic mass is 9.94. The van der Waals surface area contributed by atoms with Crippen LogP contribution >= 0.6 is 0 Å². The molecule has 0 amide bonds. The highest BCUT2D eigenvalue weighted by atomic mass is 19.1. The Hall–Kier alpha value is -0.650. The fourth-order valence-corrected chi connectivity index (χ4v) is 0.395. The molecule has 1 radical (unpaired) electrons. The molecule has 0 rings (SSSR count). The molecule has 57 valence electrons. The fraction of sp³-hybridized carbons (Fsp3) is 0.571. The van der Waals surface area contributed by atoms with Gasteiger partial charge in [0.05, 0.1) is 0 Å². The normalized spacial score (nSPS) is 10.4. The SMILES string of the molecule is [CH2]C#CC(CF)(CF)CF. The Morgan fingerprint density at radius 3 is 1.60 bits per heavy atom. The van der Waals surface area contributed by atoms with Crippen LogP contribution in [0.1, 0.15) is 0 Å². The topological polar surface area (TPSA) is 0 Å². The van der Waals surface area contributed by atoms with Crippen molar-refractivity contribution in [1.29, 1.82) is 0 Å². The lowest BCUT2D eigenvalue weighted by Crippen LogP contribution is -2.26. The molecule has 0 aliphatic rings. The predicted molar refractivity (Wildman–Crippen MR) is 33.5 cm³/mol. The minimum atomic E-state index is -1.75. The molecule has 0 aromatic carbocycles. The number of hydrogen-bond donors (Lipinski definition) is 0. The third kappa shape index (κ3) is 1.94. The van der Waals surface area contributed by atoms with Crippen LogP contribution in [0, 0.1) is 24.2 Å². The molecule has 0 saturated carbocycles. The fourth-order valence-electron chi connectivity index (χ4n) is 0.395. The highest BCUT2D eigenvalue weighted by Crippen LogP contribution is 2.18. The van der Waals surface area contributed by atoms with Crippen molar-refractivity contribution >= 4 is 0 Å². The van der Waals surface area contributed by atoms with Crippen molar-refractivity contribution in [2.24, 2.45) is 5.41 Å². The lowest BCUT2D eigenvalue weighted by Gasteiger charge is -2.15. The molecule has 0 spiro atoms. The summed E-state index contributed by atoms with van der Waals surface area (Å²) >= 11 is 0. The van der Waals surface area contributed by atoms with Crippen LogP contribution in [-0.2, 0) is 0 Å². The molecule has 3 heteroatoms. The number of hydrogen-bond acceptors (Lipinski definition) is 0. The second-order valence-electron chi connectivity index (χ2n) is 1.98. The summed E-state index contributed by atoms with van der Waals surface area (Å²) in [5, 5.41) is 0. The maximum Gasteiger partial charge on any atom is 0.116 e. The first-order valence-electron chi connectivity index (χ1n) is 2.72. The van der Waals surface area contributed by atoms with E-state index in [0.717, 1.165) is 0 Å². The standard InChI is InChI=1S/C7H8F3/c1-2-3-7(4-8,5-9)6-10/h1,4-6H2. The van der Waals surface area contributed by atoms with Gasteiger partial charge in [-0.2, -0.15) is 0 Å². The molecule has 0 aliphatic carbocycles. The summed E-state index contributed by atoms with van der Waals surface area (Å²) in [4.78, 5) is 0. The number of alkyl halides is 3. The van der Waals surface area contributed by atoms with Crippen molar-refractivity contribution in [3.63, 3.8) is 0 Å². The largest absolute Gasteiger partial charge is 0.249 e. The summed E-state index contributed by atoms with van der Waals surface area (Å²) in [5.74, 6) is 4.10. The summed E-state index contributed by atoms with van der Waals surface area (Å²) in [5.41, 5.74) is -1.75. The molecule has 0 N–H and O–H groups in total. The first-order chi connectivity index (χ1) is 4.74. The van der Waals surface area contributed by atoms with Gasteiger partial charge in [0.25, 0.3) is 0 Å². The molecular weight excluding hydrogens is 141 g/mol. The van der Waals surface area contributed by atoms with Crippen LogP contribution in [0.2, 0.25) is 0 Å². The summed E-state index contributed by atoms with van der Waals surface area (Å²) in [6, 6.07) is 0. The van der Waals surface area contributed by atoms with Gasteiger partial charge in [0, 0.05) is 6.92 Å². The van der Waals surface area contributed by atoms with E-state index in [2.05, 4.69) is 12.8 Å². The maximum absolute atomic E-state index is 11.9. The third-order valence-electron chi connectivity index (χ3n) is 1.12. The molecule has 0 atom stereocenters. The molecule has 0 unspecified atom stereocenters. The van der Waals surface area contributed by atoms with E-state index < -0.39 is 25.4 Å². The molecule has 0 saturated heterocycles. The van der Waals surface area contributed by atoms with Crippen molar-refractivity contribution in [3.05, 3.63) is 6.92 Å². The Morgan fingerprint density at radius 2 is 1.50 bits per heavy atom. The molecular formula is C7H8F3. The highest BCUT2D eigenvalue weighted by molar-refractivity contribution is 5.13. The van der Waals surface area contributed by atoms with E-state index >= 15 is 0 Å². The van der Waals surface area contributed by atoms with Gasteiger partial charge in [0.1, 0.15) is 25.4 Å². The van der Waals surface area contributed by atoms with E-state index in [4.69, 9.17) is 0 Å². The monoisotopic (exact) mass is 149 g/mol. The van der Waals surface area contributed by atoms with Crippen molar-refractivity contribution in [2.75, 3.05) is 20.0 Å². The van der Waals surface area contributed by atoms with E-state index in [1.807, 2.05) is 5.92 Å². The van der Waals surface area contributed by atoms with E-state index in [0.29, 0.717) is 0 Å². The zero-order chi connectivity index (χ0) is 8.04. The van der Waals surface area contributed by atoms with Crippen LogP contribution in [0.3, 0.4) is 0 Å². The first-order valence-corrected chi connectivity index (χ1v) is 2.72. The maximum atomic E-state index is 11.9. The minimum absolute atomic E-state index is 1.11. The third-order valence-corrected chi connectivity index (χ3v) is 1.12. The van der Waals surface area contributed by atoms with Gasteiger partial charge >= 0.3 is 0 Å². The molecule has 0 fully saturated rings. The van der Waals surface area contributed by atoms with Crippen molar-refractivity contribution in [3.8, 4) is 11.8 Å². The van der Waals surface area contributed by atoms with E-state index in [1.54, 1.807) is 0 Å². The predicted octanol–water partition coefficient (Wildman–Crippen LogP) is 1.72. The Balaban J connectivity index is 4.25.